The fourth-order valence-corrected chi connectivity index (χ4v) is 3.30. The van der Waals surface area contributed by atoms with Crippen molar-refractivity contribution in [1.29, 1.82) is 0 Å². The molecule has 2 rings (SSSR count). The molecule has 0 saturated heterocycles. The molecule has 0 fully saturated rings. The molecule has 0 unspecified atom stereocenters. The van der Waals surface area contributed by atoms with Crippen molar-refractivity contribution in [1.82, 2.24) is 0 Å². The molecule has 0 bridgehead atoms. The van der Waals surface area contributed by atoms with Gasteiger partial charge in [-0.1, -0.05) is 18.5 Å². The van der Waals surface area contributed by atoms with E-state index in [0.717, 1.165) is 22.9 Å². The number of rotatable bonds is 6. The predicted octanol–water partition coefficient (Wildman–Crippen LogP) is 3.98. The van der Waals surface area contributed by atoms with E-state index in [9.17, 15) is 19.7 Å². The Labute approximate surface area is 152 Å². The second-order valence-electron chi connectivity index (χ2n) is 5.09. The molecule has 0 radical (unpaired) electrons. The zero-order valence-electron chi connectivity index (χ0n) is 13.5. The molecular formula is C16H15ClN2O5S. The Morgan fingerprint density at radius 1 is 1.36 bits per heavy atom. The molecule has 0 aliphatic heterocycles. The summed E-state index contributed by atoms with van der Waals surface area (Å²) in [4.78, 5) is 35.5. The Bertz CT molecular complexity index is 834. The number of anilines is 1. The first-order valence-electron chi connectivity index (χ1n) is 7.32. The number of nitrogens with one attached hydrogen (secondary N) is 1. The van der Waals surface area contributed by atoms with Gasteiger partial charge in [0, 0.05) is 16.6 Å². The van der Waals surface area contributed by atoms with Crippen molar-refractivity contribution in [2.24, 2.45) is 0 Å². The van der Waals surface area contributed by atoms with E-state index in [1.165, 1.54) is 23.5 Å². The van der Waals surface area contributed by atoms with Crippen molar-refractivity contribution in [3.63, 3.8) is 0 Å². The monoisotopic (exact) mass is 382 g/mol. The summed E-state index contributed by atoms with van der Waals surface area (Å²) >= 11 is 7.02. The molecule has 0 aliphatic carbocycles. The lowest BCUT2D eigenvalue weighted by atomic mass is 10.2. The smallest absolute Gasteiger partial charge is 0.348 e. The van der Waals surface area contributed by atoms with Gasteiger partial charge in [0.25, 0.3) is 11.6 Å². The van der Waals surface area contributed by atoms with Gasteiger partial charge in [0.2, 0.25) is 0 Å². The van der Waals surface area contributed by atoms with Crippen LogP contribution in [0.3, 0.4) is 0 Å². The van der Waals surface area contributed by atoms with Gasteiger partial charge in [-0.3, -0.25) is 14.9 Å². The maximum Gasteiger partial charge on any atom is 0.348 e. The normalized spacial score (nSPS) is 10.4. The second kappa shape index (κ2) is 8.09. The maximum absolute atomic E-state index is 12.0. The number of nitro benzene ring substituents is 1. The van der Waals surface area contributed by atoms with Crippen LogP contribution in [0.1, 0.15) is 27.0 Å². The number of benzene rings is 1. The Morgan fingerprint density at radius 3 is 2.68 bits per heavy atom. The van der Waals surface area contributed by atoms with Gasteiger partial charge in [0.1, 0.15) is 9.90 Å². The predicted molar refractivity (Wildman–Crippen MR) is 95.5 cm³/mol. The molecule has 1 aromatic heterocycles. The number of nitro groups is 1. The Kier molecular flexibility index (Phi) is 6.11. The van der Waals surface area contributed by atoms with Gasteiger partial charge < -0.3 is 10.1 Å². The number of aryl methyl sites for hydroxylation is 2. The fourth-order valence-electron chi connectivity index (χ4n) is 2.10. The van der Waals surface area contributed by atoms with Crippen molar-refractivity contribution in [2.45, 2.75) is 20.3 Å². The highest BCUT2D eigenvalue weighted by Crippen LogP contribution is 2.27. The number of hydrogen-bond donors (Lipinski definition) is 1. The molecule has 7 nitrogen and oxygen atoms in total. The number of hydrogen-bond acceptors (Lipinski definition) is 6. The van der Waals surface area contributed by atoms with E-state index in [0.29, 0.717) is 4.88 Å². The third kappa shape index (κ3) is 4.77. The highest BCUT2D eigenvalue weighted by atomic mass is 35.5. The minimum atomic E-state index is -0.650. The van der Waals surface area contributed by atoms with Gasteiger partial charge in [-0.05, 0) is 37.1 Å². The van der Waals surface area contributed by atoms with Gasteiger partial charge in [0.05, 0.1) is 4.92 Å². The van der Waals surface area contributed by atoms with Crippen molar-refractivity contribution >= 4 is 46.2 Å². The maximum atomic E-state index is 12.0. The number of esters is 1. The third-order valence-electron chi connectivity index (χ3n) is 3.36. The van der Waals surface area contributed by atoms with Crippen LogP contribution in [0.2, 0.25) is 5.02 Å². The first-order valence-corrected chi connectivity index (χ1v) is 8.51. The summed E-state index contributed by atoms with van der Waals surface area (Å²) in [5.41, 5.74) is 0.935. The van der Waals surface area contributed by atoms with Crippen LogP contribution in [0.25, 0.3) is 0 Å². The second-order valence-corrected chi connectivity index (χ2v) is 6.76. The van der Waals surface area contributed by atoms with E-state index >= 15 is 0 Å². The van der Waals surface area contributed by atoms with Crippen molar-refractivity contribution in [3.05, 3.63) is 54.7 Å². The minimum absolute atomic E-state index is 0.0331. The van der Waals surface area contributed by atoms with E-state index in [1.54, 1.807) is 6.07 Å². The molecule has 0 saturated carbocycles. The summed E-state index contributed by atoms with van der Waals surface area (Å²) in [6.07, 6.45) is 0.811. The van der Waals surface area contributed by atoms with Crippen molar-refractivity contribution < 1.29 is 19.2 Å². The lowest BCUT2D eigenvalue weighted by Gasteiger charge is -2.06. The fraction of sp³-hybridized carbons (Fsp3) is 0.250. The highest BCUT2D eigenvalue weighted by molar-refractivity contribution is 7.14. The van der Waals surface area contributed by atoms with Gasteiger partial charge in [-0.15, -0.1) is 11.3 Å². The van der Waals surface area contributed by atoms with Crippen LogP contribution >= 0.6 is 22.9 Å². The lowest BCUT2D eigenvalue weighted by Crippen LogP contribution is -2.20. The summed E-state index contributed by atoms with van der Waals surface area (Å²) < 4.78 is 4.98. The van der Waals surface area contributed by atoms with Crippen LogP contribution in [-0.2, 0) is 16.0 Å². The molecule has 1 heterocycles. The molecule has 0 atom stereocenters. The minimum Gasteiger partial charge on any atom is -0.451 e. The average molecular weight is 383 g/mol. The SMILES string of the molecule is CCc1cc(C(=O)OCC(=O)Nc2ccc(Cl)c([N+](=O)[O-])c2)sc1C. The molecule has 0 spiro atoms. The summed E-state index contributed by atoms with van der Waals surface area (Å²) in [7, 11) is 0. The number of ether oxygens (including phenoxy) is 1. The molecule has 9 heteroatoms. The standard InChI is InChI=1S/C16H15ClN2O5S/c1-3-10-6-14(25-9(10)2)16(21)24-8-15(20)18-11-4-5-12(17)13(7-11)19(22)23/h4-7H,3,8H2,1-2H3,(H,18,20). The van der Waals surface area contributed by atoms with E-state index in [1.807, 2.05) is 13.8 Å². The third-order valence-corrected chi connectivity index (χ3v) is 4.76. The molecule has 0 aliphatic rings. The summed E-state index contributed by atoms with van der Waals surface area (Å²) in [5, 5.41) is 13.2. The Morgan fingerprint density at radius 2 is 2.08 bits per heavy atom. The molecule has 1 N–H and O–H groups in total. The van der Waals surface area contributed by atoms with Crippen LogP contribution in [0.15, 0.2) is 24.3 Å². The highest BCUT2D eigenvalue weighted by Gasteiger charge is 2.16. The van der Waals surface area contributed by atoms with Crippen molar-refractivity contribution in [3.8, 4) is 0 Å². The Balaban J connectivity index is 1.95. The first-order chi connectivity index (χ1) is 11.8. The summed E-state index contributed by atoms with van der Waals surface area (Å²) in [6.45, 7) is 3.41. The van der Waals surface area contributed by atoms with Gasteiger partial charge in [-0.2, -0.15) is 0 Å². The summed E-state index contributed by atoms with van der Waals surface area (Å²) in [6, 6.07) is 5.62. The number of nitrogens with zero attached hydrogens (tertiary/aromatic N) is 1. The van der Waals surface area contributed by atoms with Crippen LogP contribution in [0.5, 0.6) is 0 Å². The van der Waals surface area contributed by atoms with E-state index < -0.39 is 23.4 Å². The molecule has 1 amide bonds. The molecule has 25 heavy (non-hydrogen) atoms. The number of halogens is 1. The van der Waals surface area contributed by atoms with E-state index in [4.69, 9.17) is 16.3 Å². The van der Waals surface area contributed by atoms with Crippen LogP contribution < -0.4 is 5.32 Å². The van der Waals surface area contributed by atoms with E-state index in [-0.39, 0.29) is 16.4 Å². The van der Waals surface area contributed by atoms with Crippen LogP contribution in [-0.4, -0.2) is 23.4 Å². The van der Waals surface area contributed by atoms with Crippen molar-refractivity contribution in [2.75, 3.05) is 11.9 Å². The quantitative estimate of drug-likeness (QED) is 0.463. The van der Waals surface area contributed by atoms with Gasteiger partial charge in [-0.25, -0.2) is 4.79 Å². The largest absolute Gasteiger partial charge is 0.451 e. The number of carbonyl (C=O) groups is 2. The average Bonchev–Trinajstić information content (AvgIpc) is 2.95. The number of amides is 1. The van der Waals surface area contributed by atoms with Crippen LogP contribution in [0.4, 0.5) is 11.4 Å². The Hall–Kier alpha value is -2.45. The topological polar surface area (TPSA) is 98.5 Å². The van der Waals surface area contributed by atoms with Gasteiger partial charge in [0.15, 0.2) is 6.61 Å². The zero-order valence-corrected chi connectivity index (χ0v) is 15.1. The summed E-state index contributed by atoms with van der Waals surface area (Å²) in [5.74, 6) is -1.18. The molecule has 1 aromatic carbocycles. The van der Waals surface area contributed by atoms with Crippen LogP contribution in [0, 0.1) is 17.0 Å². The van der Waals surface area contributed by atoms with Gasteiger partial charge >= 0.3 is 5.97 Å². The number of thiophene rings is 1. The molecular weight excluding hydrogens is 368 g/mol. The molecule has 132 valence electrons. The number of carbonyl (C=O) groups excluding carboxylic acids is 2. The van der Waals surface area contributed by atoms with E-state index in [2.05, 4.69) is 5.32 Å². The molecule has 2 aromatic rings. The first kappa shape index (κ1) is 18.9. The zero-order chi connectivity index (χ0) is 18.6. The lowest BCUT2D eigenvalue weighted by molar-refractivity contribution is -0.384.